The number of aromatic nitrogens is 3. The first-order valence-electron chi connectivity index (χ1n) is 6.16. The quantitative estimate of drug-likeness (QED) is 0.554. The first-order chi connectivity index (χ1) is 7.83. The van der Waals surface area contributed by atoms with Gasteiger partial charge in [-0.25, -0.2) is 4.98 Å². The normalized spacial score (nSPS) is 18.4. The Balaban J connectivity index is 1.89. The molecule has 1 heterocycles. The smallest absolute Gasteiger partial charge is 0.138 e. The zero-order chi connectivity index (χ0) is 11.4. The van der Waals surface area contributed by atoms with Gasteiger partial charge in [0, 0.05) is 19.0 Å². The van der Waals surface area contributed by atoms with Crippen molar-refractivity contribution < 1.29 is 0 Å². The molecule has 1 aromatic heterocycles. The summed E-state index contributed by atoms with van der Waals surface area (Å²) in [5.74, 6) is 7.49. The first-order valence-corrected chi connectivity index (χ1v) is 6.16. The van der Waals surface area contributed by atoms with E-state index >= 15 is 0 Å². The van der Waals surface area contributed by atoms with Gasteiger partial charge >= 0.3 is 0 Å². The maximum atomic E-state index is 5.60. The lowest BCUT2D eigenvalue weighted by Crippen LogP contribution is -2.39. The fourth-order valence-corrected chi connectivity index (χ4v) is 2.27. The maximum Gasteiger partial charge on any atom is 0.138 e. The molecule has 1 aliphatic rings. The standard InChI is InChI=1S/C11H21N5/c1-2-16-11(13-8-14-16)7-10(15-12)6-9-4-3-5-9/h8-10,15H,2-7,12H2,1H3. The van der Waals surface area contributed by atoms with Crippen LogP contribution in [-0.2, 0) is 13.0 Å². The summed E-state index contributed by atoms with van der Waals surface area (Å²) in [6.07, 6.45) is 7.76. The molecule has 1 saturated carbocycles. The van der Waals surface area contributed by atoms with Gasteiger partial charge in [-0.1, -0.05) is 19.3 Å². The molecule has 5 heteroatoms. The number of nitrogens with two attached hydrogens (primary N) is 1. The van der Waals surface area contributed by atoms with Gasteiger partial charge in [0.15, 0.2) is 0 Å². The Labute approximate surface area is 96.4 Å². The number of rotatable bonds is 6. The molecule has 5 nitrogen and oxygen atoms in total. The Morgan fingerprint density at radius 2 is 2.44 bits per heavy atom. The highest BCUT2D eigenvalue weighted by molar-refractivity contribution is 4.90. The number of hydrogen-bond donors (Lipinski definition) is 2. The van der Waals surface area contributed by atoms with Crippen molar-refractivity contribution in [1.82, 2.24) is 20.2 Å². The summed E-state index contributed by atoms with van der Waals surface area (Å²) >= 11 is 0. The summed E-state index contributed by atoms with van der Waals surface area (Å²) < 4.78 is 1.94. The molecular formula is C11H21N5. The third-order valence-electron chi connectivity index (χ3n) is 3.50. The van der Waals surface area contributed by atoms with Gasteiger partial charge in [-0.3, -0.25) is 16.0 Å². The van der Waals surface area contributed by atoms with E-state index in [4.69, 9.17) is 5.84 Å². The number of hydrogen-bond acceptors (Lipinski definition) is 4. The summed E-state index contributed by atoms with van der Waals surface area (Å²) in [4.78, 5) is 4.28. The van der Waals surface area contributed by atoms with Gasteiger partial charge < -0.3 is 0 Å². The van der Waals surface area contributed by atoms with E-state index in [0.29, 0.717) is 6.04 Å². The van der Waals surface area contributed by atoms with E-state index in [1.807, 2.05) is 4.68 Å². The van der Waals surface area contributed by atoms with Crippen LogP contribution < -0.4 is 11.3 Å². The molecule has 0 amide bonds. The Kier molecular flexibility index (Phi) is 3.90. The summed E-state index contributed by atoms with van der Waals surface area (Å²) in [7, 11) is 0. The molecule has 0 aliphatic heterocycles. The van der Waals surface area contributed by atoms with Crippen LogP contribution in [0.5, 0.6) is 0 Å². The largest absolute Gasteiger partial charge is 0.271 e. The zero-order valence-corrected chi connectivity index (χ0v) is 9.89. The summed E-state index contributed by atoms with van der Waals surface area (Å²) in [6, 6.07) is 0.333. The van der Waals surface area contributed by atoms with Crippen LogP contribution in [0.25, 0.3) is 0 Å². The predicted octanol–water partition coefficient (Wildman–Crippen LogP) is 0.863. The molecule has 2 rings (SSSR count). The van der Waals surface area contributed by atoms with Gasteiger partial charge in [0.25, 0.3) is 0 Å². The van der Waals surface area contributed by atoms with Crippen LogP contribution in [0.1, 0.15) is 38.4 Å². The average Bonchev–Trinajstić information content (AvgIpc) is 2.68. The Morgan fingerprint density at radius 3 is 3.00 bits per heavy atom. The molecule has 16 heavy (non-hydrogen) atoms. The predicted molar refractivity (Wildman–Crippen MR) is 62.5 cm³/mol. The van der Waals surface area contributed by atoms with Crippen molar-refractivity contribution in [2.75, 3.05) is 0 Å². The molecule has 1 aliphatic carbocycles. The molecule has 1 fully saturated rings. The molecule has 0 radical (unpaired) electrons. The van der Waals surface area contributed by atoms with Crippen molar-refractivity contribution >= 4 is 0 Å². The van der Waals surface area contributed by atoms with Crippen molar-refractivity contribution in [3.05, 3.63) is 12.2 Å². The van der Waals surface area contributed by atoms with E-state index in [-0.39, 0.29) is 0 Å². The van der Waals surface area contributed by atoms with Gasteiger partial charge in [0.1, 0.15) is 12.2 Å². The minimum atomic E-state index is 0.333. The molecular weight excluding hydrogens is 202 g/mol. The van der Waals surface area contributed by atoms with Crippen molar-refractivity contribution in [2.24, 2.45) is 11.8 Å². The molecule has 0 aromatic carbocycles. The summed E-state index contributed by atoms with van der Waals surface area (Å²) in [6.45, 7) is 2.95. The Hall–Kier alpha value is -0.940. The monoisotopic (exact) mass is 223 g/mol. The van der Waals surface area contributed by atoms with Gasteiger partial charge in [0.05, 0.1) is 0 Å². The molecule has 0 saturated heterocycles. The molecule has 3 N–H and O–H groups in total. The van der Waals surface area contributed by atoms with Gasteiger partial charge in [-0.05, 0) is 19.3 Å². The SMILES string of the molecule is CCn1ncnc1CC(CC1CCC1)NN. The van der Waals surface area contributed by atoms with Crippen molar-refractivity contribution in [3.8, 4) is 0 Å². The molecule has 1 unspecified atom stereocenters. The van der Waals surface area contributed by atoms with Gasteiger partial charge in [-0.15, -0.1) is 0 Å². The Morgan fingerprint density at radius 1 is 1.62 bits per heavy atom. The first kappa shape index (κ1) is 11.5. The van der Waals surface area contributed by atoms with E-state index in [0.717, 1.165) is 31.1 Å². The van der Waals surface area contributed by atoms with Crippen LogP contribution in [0.15, 0.2) is 6.33 Å². The third-order valence-corrected chi connectivity index (χ3v) is 3.50. The third kappa shape index (κ3) is 2.59. The lowest BCUT2D eigenvalue weighted by atomic mass is 9.80. The summed E-state index contributed by atoms with van der Waals surface area (Å²) in [5.41, 5.74) is 2.91. The highest BCUT2D eigenvalue weighted by atomic mass is 15.3. The lowest BCUT2D eigenvalue weighted by Gasteiger charge is -2.29. The molecule has 1 atom stereocenters. The topological polar surface area (TPSA) is 68.8 Å². The van der Waals surface area contributed by atoms with E-state index in [9.17, 15) is 0 Å². The number of aryl methyl sites for hydroxylation is 1. The van der Waals surface area contributed by atoms with Crippen molar-refractivity contribution in [3.63, 3.8) is 0 Å². The molecule has 1 aromatic rings. The van der Waals surface area contributed by atoms with Crippen LogP contribution in [0.3, 0.4) is 0 Å². The number of nitrogens with one attached hydrogen (secondary N) is 1. The van der Waals surface area contributed by atoms with E-state index in [1.165, 1.54) is 19.3 Å². The highest BCUT2D eigenvalue weighted by Crippen LogP contribution is 2.30. The zero-order valence-electron chi connectivity index (χ0n) is 9.89. The molecule has 90 valence electrons. The molecule has 0 bridgehead atoms. The fourth-order valence-electron chi connectivity index (χ4n) is 2.27. The minimum absolute atomic E-state index is 0.333. The van der Waals surface area contributed by atoms with Crippen LogP contribution >= 0.6 is 0 Å². The second-order valence-corrected chi connectivity index (χ2v) is 4.59. The Bertz CT molecular complexity index is 318. The van der Waals surface area contributed by atoms with E-state index in [2.05, 4.69) is 22.4 Å². The van der Waals surface area contributed by atoms with Crippen molar-refractivity contribution in [1.29, 1.82) is 0 Å². The lowest BCUT2D eigenvalue weighted by molar-refractivity contribution is 0.257. The van der Waals surface area contributed by atoms with Crippen LogP contribution in [0.4, 0.5) is 0 Å². The second kappa shape index (κ2) is 5.41. The maximum absolute atomic E-state index is 5.60. The summed E-state index contributed by atoms with van der Waals surface area (Å²) in [5, 5.41) is 4.17. The molecule has 0 spiro atoms. The van der Waals surface area contributed by atoms with E-state index in [1.54, 1.807) is 6.33 Å². The second-order valence-electron chi connectivity index (χ2n) is 4.59. The minimum Gasteiger partial charge on any atom is -0.271 e. The van der Waals surface area contributed by atoms with Crippen molar-refractivity contribution in [2.45, 2.75) is 51.6 Å². The highest BCUT2D eigenvalue weighted by Gasteiger charge is 2.22. The van der Waals surface area contributed by atoms with E-state index < -0.39 is 0 Å². The fraction of sp³-hybridized carbons (Fsp3) is 0.818. The van der Waals surface area contributed by atoms with Crippen LogP contribution in [-0.4, -0.2) is 20.8 Å². The van der Waals surface area contributed by atoms with Crippen LogP contribution in [0, 0.1) is 5.92 Å². The van der Waals surface area contributed by atoms with Gasteiger partial charge in [-0.2, -0.15) is 5.10 Å². The van der Waals surface area contributed by atoms with Gasteiger partial charge in [0.2, 0.25) is 0 Å². The average molecular weight is 223 g/mol. The number of nitrogens with zero attached hydrogens (tertiary/aromatic N) is 3. The van der Waals surface area contributed by atoms with Crippen LogP contribution in [0.2, 0.25) is 0 Å². The number of hydrazine groups is 1.